The second-order valence-electron chi connectivity index (χ2n) is 4.89. The fourth-order valence-corrected chi connectivity index (χ4v) is 2.44. The fraction of sp³-hybridized carbons (Fsp3) is 0.429. The lowest BCUT2D eigenvalue weighted by Crippen LogP contribution is -2.24. The molecule has 100 valence electrons. The molecule has 0 fully saturated rings. The lowest BCUT2D eigenvalue weighted by Gasteiger charge is -2.25. The molecule has 1 rings (SSSR count). The van der Waals surface area contributed by atoms with Crippen LogP contribution >= 0.6 is 0 Å². The zero-order valence-corrected chi connectivity index (χ0v) is 12.3. The summed E-state index contributed by atoms with van der Waals surface area (Å²) in [6.07, 6.45) is 1.22. The van der Waals surface area contributed by atoms with E-state index >= 15 is 0 Å². The summed E-state index contributed by atoms with van der Waals surface area (Å²) in [6.45, 7) is 8.82. The summed E-state index contributed by atoms with van der Waals surface area (Å²) in [4.78, 5) is 2.54. The number of rotatable bonds is 5. The molecule has 1 atom stereocenters. The second-order valence-corrected chi connectivity index (χ2v) is 6.91. The van der Waals surface area contributed by atoms with Crippen molar-refractivity contribution in [3.8, 4) is 0 Å². The van der Waals surface area contributed by atoms with Gasteiger partial charge in [0.1, 0.15) is 0 Å². The van der Waals surface area contributed by atoms with Crippen molar-refractivity contribution in [3.05, 3.63) is 42.0 Å². The van der Waals surface area contributed by atoms with Gasteiger partial charge in [-0.05, 0) is 38.6 Å². The monoisotopic (exact) mass is 267 g/mol. The number of benzene rings is 1. The van der Waals surface area contributed by atoms with Gasteiger partial charge >= 0.3 is 0 Å². The van der Waals surface area contributed by atoms with Gasteiger partial charge < -0.3 is 0 Å². The van der Waals surface area contributed by atoms with Gasteiger partial charge in [0, 0.05) is 18.8 Å². The fourth-order valence-electron chi connectivity index (χ4n) is 1.81. The van der Waals surface area contributed by atoms with Crippen LogP contribution in [0.5, 0.6) is 0 Å². The maximum absolute atomic E-state index is 11.4. The van der Waals surface area contributed by atoms with E-state index in [4.69, 9.17) is 0 Å². The summed E-state index contributed by atoms with van der Waals surface area (Å²) in [5, 5.41) is 0. The third kappa shape index (κ3) is 3.96. The van der Waals surface area contributed by atoms with E-state index in [0.29, 0.717) is 4.90 Å². The number of nitrogens with zero attached hydrogens (tertiary/aromatic N) is 1. The Morgan fingerprint density at radius 2 is 1.83 bits per heavy atom. The molecule has 18 heavy (non-hydrogen) atoms. The molecule has 0 saturated heterocycles. The summed E-state index contributed by atoms with van der Waals surface area (Å²) in [6, 6.07) is 7.30. The first-order valence-electron chi connectivity index (χ1n) is 5.86. The largest absolute Gasteiger partial charge is 0.296 e. The highest BCUT2D eigenvalue weighted by molar-refractivity contribution is 7.90. The van der Waals surface area contributed by atoms with Crippen LogP contribution in [0.1, 0.15) is 25.5 Å². The number of hydrogen-bond donors (Lipinski definition) is 0. The highest BCUT2D eigenvalue weighted by Crippen LogP contribution is 2.21. The first-order valence-corrected chi connectivity index (χ1v) is 7.75. The Bertz CT molecular complexity index is 517. The van der Waals surface area contributed by atoms with Gasteiger partial charge in [-0.15, -0.1) is 0 Å². The van der Waals surface area contributed by atoms with E-state index in [-0.39, 0.29) is 6.04 Å². The molecule has 4 heteroatoms. The topological polar surface area (TPSA) is 37.4 Å². The van der Waals surface area contributed by atoms with Crippen LogP contribution in [0.3, 0.4) is 0 Å². The summed E-state index contributed by atoms with van der Waals surface area (Å²) in [5.74, 6) is 0. The highest BCUT2D eigenvalue weighted by atomic mass is 32.2. The number of hydrogen-bond acceptors (Lipinski definition) is 3. The van der Waals surface area contributed by atoms with Crippen molar-refractivity contribution in [1.82, 2.24) is 4.90 Å². The Hall–Kier alpha value is -1.13. The Morgan fingerprint density at radius 1 is 1.33 bits per heavy atom. The summed E-state index contributed by atoms with van der Waals surface area (Å²) in [5.41, 5.74) is 2.21. The van der Waals surface area contributed by atoms with E-state index in [0.717, 1.165) is 17.7 Å². The van der Waals surface area contributed by atoms with Crippen LogP contribution in [-0.4, -0.2) is 33.2 Å². The van der Waals surface area contributed by atoms with Crippen molar-refractivity contribution in [2.45, 2.75) is 24.8 Å². The molecule has 0 radical (unpaired) electrons. The highest BCUT2D eigenvalue weighted by Gasteiger charge is 2.13. The van der Waals surface area contributed by atoms with Gasteiger partial charge in [-0.1, -0.05) is 24.3 Å². The van der Waals surface area contributed by atoms with E-state index < -0.39 is 9.84 Å². The van der Waals surface area contributed by atoms with Gasteiger partial charge in [-0.25, -0.2) is 8.42 Å². The van der Waals surface area contributed by atoms with E-state index in [9.17, 15) is 8.42 Å². The van der Waals surface area contributed by atoms with Crippen LogP contribution in [0.25, 0.3) is 0 Å². The molecule has 0 N–H and O–H groups in total. The standard InChI is InChI=1S/C14H21NO2S/c1-11(2)10-15(4)12(3)13-6-8-14(9-7-13)18(5,16)17/h6-9,12H,1,10H2,2-5H3/t12-/m1/s1. The van der Waals surface area contributed by atoms with Crippen LogP contribution < -0.4 is 0 Å². The van der Waals surface area contributed by atoms with Crippen molar-refractivity contribution in [2.75, 3.05) is 19.8 Å². The van der Waals surface area contributed by atoms with Gasteiger partial charge in [-0.3, -0.25) is 4.90 Å². The normalized spacial score (nSPS) is 13.6. The van der Waals surface area contributed by atoms with Gasteiger partial charge in [0.05, 0.1) is 4.90 Å². The molecule has 0 aliphatic heterocycles. The van der Waals surface area contributed by atoms with Crippen LogP contribution in [0.2, 0.25) is 0 Å². The van der Waals surface area contributed by atoms with Gasteiger partial charge in [0.15, 0.2) is 9.84 Å². The Balaban J connectivity index is 2.88. The van der Waals surface area contributed by atoms with Gasteiger partial charge in [0.2, 0.25) is 0 Å². The van der Waals surface area contributed by atoms with Crippen LogP contribution in [-0.2, 0) is 9.84 Å². The van der Waals surface area contributed by atoms with E-state index in [1.807, 2.05) is 26.1 Å². The van der Waals surface area contributed by atoms with E-state index in [1.165, 1.54) is 6.26 Å². The number of likely N-dealkylation sites (N-methyl/N-ethyl adjacent to an activating group) is 1. The molecule has 3 nitrogen and oxygen atoms in total. The predicted molar refractivity (Wildman–Crippen MR) is 75.4 cm³/mol. The molecular formula is C14H21NO2S. The lowest BCUT2D eigenvalue weighted by atomic mass is 10.1. The average molecular weight is 267 g/mol. The predicted octanol–water partition coefficient (Wildman–Crippen LogP) is 2.66. The zero-order chi connectivity index (χ0) is 13.9. The van der Waals surface area contributed by atoms with E-state index in [1.54, 1.807) is 12.1 Å². The number of sulfone groups is 1. The minimum absolute atomic E-state index is 0.232. The molecular weight excluding hydrogens is 246 g/mol. The molecule has 0 aliphatic carbocycles. The van der Waals surface area contributed by atoms with E-state index in [2.05, 4.69) is 18.4 Å². The van der Waals surface area contributed by atoms with Crippen LogP contribution in [0.15, 0.2) is 41.3 Å². The SMILES string of the molecule is C=C(C)CN(C)[C@H](C)c1ccc(S(C)(=O)=O)cc1. The molecule has 1 aromatic rings. The van der Waals surface area contributed by atoms with Gasteiger partial charge in [-0.2, -0.15) is 0 Å². The van der Waals surface area contributed by atoms with Gasteiger partial charge in [0.25, 0.3) is 0 Å². The molecule has 0 aromatic heterocycles. The second kappa shape index (κ2) is 5.67. The minimum atomic E-state index is -3.11. The molecule has 0 bridgehead atoms. The quantitative estimate of drug-likeness (QED) is 0.770. The van der Waals surface area contributed by atoms with Crippen LogP contribution in [0.4, 0.5) is 0 Å². The third-order valence-electron chi connectivity index (χ3n) is 2.97. The van der Waals surface area contributed by atoms with Crippen molar-refractivity contribution >= 4 is 9.84 Å². The Kier molecular flexibility index (Phi) is 4.71. The molecule has 0 unspecified atom stereocenters. The Morgan fingerprint density at radius 3 is 2.22 bits per heavy atom. The molecule has 0 spiro atoms. The summed E-state index contributed by atoms with van der Waals surface area (Å²) < 4.78 is 22.7. The first-order chi connectivity index (χ1) is 8.21. The van der Waals surface area contributed by atoms with Crippen LogP contribution in [0, 0.1) is 0 Å². The van der Waals surface area contributed by atoms with Crippen molar-refractivity contribution in [3.63, 3.8) is 0 Å². The molecule has 1 aromatic carbocycles. The maximum atomic E-state index is 11.4. The molecule has 0 heterocycles. The third-order valence-corrected chi connectivity index (χ3v) is 4.10. The zero-order valence-electron chi connectivity index (χ0n) is 11.5. The van der Waals surface area contributed by atoms with Crippen molar-refractivity contribution in [2.24, 2.45) is 0 Å². The molecule has 0 amide bonds. The summed E-state index contributed by atoms with van der Waals surface area (Å²) in [7, 11) is -1.08. The summed E-state index contributed by atoms with van der Waals surface area (Å²) >= 11 is 0. The lowest BCUT2D eigenvalue weighted by molar-refractivity contribution is 0.284. The van der Waals surface area contributed by atoms with Crippen molar-refractivity contribution < 1.29 is 8.42 Å². The minimum Gasteiger partial charge on any atom is -0.296 e. The molecule has 0 aliphatic rings. The smallest absolute Gasteiger partial charge is 0.175 e. The Labute approximate surface area is 110 Å². The molecule has 0 saturated carbocycles. The maximum Gasteiger partial charge on any atom is 0.175 e. The van der Waals surface area contributed by atoms with Crippen molar-refractivity contribution in [1.29, 1.82) is 0 Å². The first kappa shape index (κ1) is 14.9. The average Bonchev–Trinajstić information content (AvgIpc) is 2.26.